The van der Waals surface area contributed by atoms with Crippen molar-refractivity contribution >= 4 is 11.9 Å². The fourth-order valence-corrected chi connectivity index (χ4v) is 1.96. The van der Waals surface area contributed by atoms with Gasteiger partial charge in [0.25, 0.3) is 5.91 Å². The molecule has 4 nitrogen and oxygen atoms in total. The largest absolute Gasteiger partial charge is 0.327 e. The third kappa shape index (κ3) is 1.85. The zero-order valence-electron chi connectivity index (χ0n) is 10.0. The number of hydrogen-bond donors (Lipinski definition) is 0. The van der Waals surface area contributed by atoms with E-state index in [-0.39, 0.29) is 11.9 Å². The number of likely N-dealkylation sites (N-methyl/N-ethyl adjacent to an activating group) is 1. The summed E-state index contributed by atoms with van der Waals surface area (Å²) in [5, 5.41) is 0. The van der Waals surface area contributed by atoms with Crippen LogP contribution in [0.15, 0.2) is 0 Å². The molecule has 0 N–H and O–H groups in total. The van der Waals surface area contributed by atoms with Crippen molar-refractivity contribution in [3.63, 3.8) is 0 Å². The molecule has 0 bridgehead atoms. The molecule has 1 saturated heterocycles. The van der Waals surface area contributed by atoms with Crippen LogP contribution in [0.4, 0.5) is 4.79 Å². The Bertz CT molecular complexity index is 274. The van der Waals surface area contributed by atoms with E-state index in [4.69, 9.17) is 0 Å². The van der Waals surface area contributed by atoms with Gasteiger partial charge in [-0.05, 0) is 27.2 Å². The van der Waals surface area contributed by atoms with Crippen molar-refractivity contribution in [2.75, 3.05) is 13.1 Å². The van der Waals surface area contributed by atoms with Crippen LogP contribution < -0.4 is 0 Å². The van der Waals surface area contributed by atoms with E-state index >= 15 is 0 Å². The van der Waals surface area contributed by atoms with Crippen molar-refractivity contribution < 1.29 is 9.59 Å². The molecule has 3 amide bonds. The van der Waals surface area contributed by atoms with Crippen LogP contribution in [0.3, 0.4) is 0 Å². The Morgan fingerprint density at radius 2 is 1.80 bits per heavy atom. The highest BCUT2D eigenvalue weighted by Gasteiger charge is 2.49. The predicted octanol–water partition coefficient (Wildman–Crippen LogP) is 1.85. The molecule has 1 fully saturated rings. The third-order valence-corrected chi connectivity index (χ3v) is 2.96. The Morgan fingerprint density at radius 1 is 1.20 bits per heavy atom. The van der Waals surface area contributed by atoms with Crippen molar-refractivity contribution in [3.05, 3.63) is 0 Å². The first-order chi connectivity index (χ1) is 6.96. The number of nitrogens with zero attached hydrogens (tertiary/aromatic N) is 2. The number of urea groups is 1. The Labute approximate surface area is 91.2 Å². The minimum atomic E-state index is -0.667. The average molecular weight is 212 g/mol. The van der Waals surface area contributed by atoms with E-state index in [9.17, 15) is 9.59 Å². The van der Waals surface area contributed by atoms with Crippen molar-refractivity contribution in [1.82, 2.24) is 9.80 Å². The van der Waals surface area contributed by atoms with Gasteiger partial charge in [-0.2, -0.15) is 0 Å². The van der Waals surface area contributed by atoms with Gasteiger partial charge in [-0.1, -0.05) is 13.3 Å². The van der Waals surface area contributed by atoms with Gasteiger partial charge in [0.05, 0.1) is 0 Å². The first-order valence-electron chi connectivity index (χ1n) is 5.60. The zero-order chi connectivity index (χ0) is 11.6. The van der Waals surface area contributed by atoms with E-state index in [0.29, 0.717) is 13.1 Å². The van der Waals surface area contributed by atoms with Gasteiger partial charge in [-0.15, -0.1) is 0 Å². The Morgan fingerprint density at radius 3 is 2.20 bits per heavy atom. The minimum Gasteiger partial charge on any atom is -0.310 e. The second-order valence-corrected chi connectivity index (χ2v) is 4.40. The molecule has 0 saturated carbocycles. The van der Waals surface area contributed by atoms with Crippen molar-refractivity contribution in [3.8, 4) is 0 Å². The van der Waals surface area contributed by atoms with E-state index in [2.05, 4.69) is 0 Å². The van der Waals surface area contributed by atoms with Crippen molar-refractivity contribution in [2.45, 2.75) is 46.1 Å². The number of hydrogen-bond acceptors (Lipinski definition) is 2. The molecule has 0 spiro atoms. The van der Waals surface area contributed by atoms with Gasteiger partial charge in [0.15, 0.2) is 0 Å². The standard InChI is InChI=1S/C11H20N2O2/c1-5-7-8-12-9(14)11(3,4)13(6-2)10(12)15/h5-8H2,1-4H3. The SMILES string of the molecule is CCCCN1C(=O)N(CC)C(C)(C)C1=O. The lowest BCUT2D eigenvalue weighted by atomic mass is 10.0. The van der Waals surface area contributed by atoms with Gasteiger partial charge in [0.1, 0.15) is 5.54 Å². The lowest BCUT2D eigenvalue weighted by Crippen LogP contribution is -2.43. The normalized spacial score (nSPS) is 20.3. The highest BCUT2D eigenvalue weighted by Crippen LogP contribution is 2.27. The Balaban J connectivity index is 2.85. The summed E-state index contributed by atoms with van der Waals surface area (Å²) in [6, 6.07) is -0.138. The fourth-order valence-electron chi connectivity index (χ4n) is 1.96. The molecule has 1 rings (SSSR count). The number of imide groups is 1. The van der Waals surface area contributed by atoms with Crippen LogP contribution >= 0.6 is 0 Å². The molecule has 0 radical (unpaired) electrons. The number of unbranched alkanes of at least 4 members (excludes halogenated alkanes) is 1. The van der Waals surface area contributed by atoms with Crippen LogP contribution in [0, 0.1) is 0 Å². The molecule has 0 aliphatic carbocycles. The van der Waals surface area contributed by atoms with Gasteiger partial charge < -0.3 is 4.90 Å². The van der Waals surface area contributed by atoms with E-state index in [0.717, 1.165) is 12.8 Å². The van der Waals surface area contributed by atoms with Gasteiger partial charge in [0, 0.05) is 13.1 Å². The van der Waals surface area contributed by atoms with Gasteiger partial charge in [-0.25, -0.2) is 4.79 Å². The summed E-state index contributed by atoms with van der Waals surface area (Å²) in [6.07, 6.45) is 1.87. The second-order valence-electron chi connectivity index (χ2n) is 4.40. The van der Waals surface area contributed by atoms with E-state index in [1.54, 1.807) is 4.90 Å². The van der Waals surface area contributed by atoms with Crippen LogP contribution in [0.1, 0.15) is 40.5 Å². The number of carbonyl (C=O) groups excluding carboxylic acids is 2. The predicted molar refractivity (Wildman–Crippen MR) is 58.5 cm³/mol. The van der Waals surface area contributed by atoms with E-state index < -0.39 is 5.54 Å². The van der Waals surface area contributed by atoms with Crippen LogP contribution in [-0.4, -0.2) is 40.4 Å². The molecule has 1 aliphatic rings. The van der Waals surface area contributed by atoms with E-state index in [1.807, 2.05) is 27.7 Å². The number of amides is 3. The second kappa shape index (κ2) is 4.21. The summed E-state index contributed by atoms with van der Waals surface area (Å²) in [5.74, 6) is -0.0669. The monoisotopic (exact) mass is 212 g/mol. The van der Waals surface area contributed by atoms with Gasteiger partial charge in [-0.3, -0.25) is 9.69 Å². The van der Waals surface area contributed by atoms with Crippen LogP contribution in [0.25, 0.3) is 0 Å². The van der Waals surface area contributed by atoms with Gasteiger partial charge >= 0.3 is 6.03 Å². The highest BCUT2D eigenvalue weighted by molar-refractivity contribution is 6.06. The maximum Gasteiger partial charge on any atom is 0.327 e. The first-order valence-corrected chi connectivity index (χ1v) is 5.60. The molecule has 0 atom stereocenters. The summed E-state index contributed by atoms with van der Waals surface area (Å²) in [5.41, 5.74) is -0.667. The van der Waals surface area contributed by atoms with Gasteiger partial charge in [0.2, 0.25) is 0 Å². The summed E-state index contributed by atoms with van der Waals surface area (Å²) in [6.45, 7) is 8.70. The maximum atomic E-state index is 12.0. The summed E-state index contributed by atoms with van der Waals surface area (Å²) in [7, 11) is 0. The lowest BCUT2D eigenvalue weighted by molar-refractivity contribution is -0.131. The number of carbonyl (C=O) groups is 2. The third-order valence-electron chi connectivity index (χ3n) is 2.96. The first kappa shape index (κ1) is 12.0. The Hall–Kier alpha value is -1.06. The molecule has 15 heavy (non-hydrogen) atoms. The molecular weight excluding hydrogens is 192 g/mol. The van der Waals surface area contributed by atoms with Crippen molar-refractivity contribution in [1.29, 1.82) is 0 Å². The molecule has 0 aromatic rings. The average Bonchev–Trinajstić information content (AvgIpc) is 2.33. The van der Waals surface area contributed by atoms with E-state index in [1.165, 1.54) is 4.90 Å². The van der Waals surface area contributed by atoms with Crippen LogP contribution in [0.2, 0.25) is 0 Å². The zero-order valence-corrected chi connectivity index (χ0v) is 10.0. The molecule has 4 heteroatoms. The van der Waals surface area contributed by atoms with Crippen molar-refractivity contribution in [2.24, 2.45) is 0 Å². The molecule has 86 valence electrons. The summed E-state index contributed by atoms with van der Waals surface area (Å²) in [4.78, 5) is 26.9. The number of rotatable bonds is 4. The molecule has 1 aliphatic heterocycles. The fraction of sp³-hybridized carbons (Fsp3) is 0.818. The Kier molecular flexibility index (Phi) is 3.37. The molecule has 1 heterocycles. The molecule has 0 unspecified atom stereocenters. The van der Waals surface area contributed by atoms with Crippen LogP contribution in [-0.2, 0) is 4.79 Å². The lowest BCUT2D eigenvalue weighted by Gasteiger charge is -2.25. The summed E-state index contributed by atoms with van der Waals surface area (Å²) >= 11 is 0. The molecule has 0 aromatic heterocycles. The topological polar surface area (TPSA) is 40.6 Å². The summed E-state index contributed by atoms with van der Waals surface area (Å²) < 4.78 is 0. The quantitative estimate of drug-likeness (QED) is 0.667. The smallest absolute Gasteiger partial charge is 0.310 e. The maximum absolute atomic E-state index is 12.0. The minimum absolute atomic E-state index is 0.0669. The molecule has 0 aromatic carbocycles. The van der Waals surface area contributed by atoms with Crippen LogP contribution in [0.5, 0.6) is 0 Å². The molecular formula is C11H20N2O2. The highest BCUT2D eigenvalue weighted by atomic mass is 16.2.